The van der Waals surface area contributed by atoms with Crippen LogP contribution in [0.15, 0.2) is 41.0 Å². The van der Waals surface area contributed by atoms with E-state index in [1.54, 1.807) is 10.5 Å². The first-order chi connectivity index (χ1) is 8.25. The number of rotatable bonds is 1. The molecule has 0 bridgehead atoms. The smallest absolute Gasteiger partial charge is 0.188 e. The van der Waals surface area contributed by atoms with Gasteiger partial charge in [0.2, 0.25) is 0 Å². The number of nitrogens with zero attached hydrogens (tertiary/aromatic N) is 4. The fourth-order valence-electron chi connectivity index (χ4n) is 1.60. The van der Waals surface area contributed by atoms with Crippen molar-refractivity contribution in [1.82, 2.24) is 19.6 Å². The number of hydrogen-bond donors (Lipinski definition) is 0. The highest BCUT2D eigenvalue weighted by atomic mass is 79.9. The lowest BCUT2D eigenvalue weighted by molar-refractivity contribution is 1.08. The molecule has 0 atom stereocenters. The van der Waals surface area contributed by atoms with Crippen LogP contribution >= 0.6 is 27.5 Å². The van der Waals surface area contributed by atoms with Gasteiger partial charge in [-0.2, -0.15) is 0 Å². The zero-order valence-electron chi connectivity index (χ0n) is 8.51. The summed E-state index contributed by atoms with van der Waals surface area (Å²) in [4.78, 5) is 4.34. The van der Waals surface area contributed by atoms with E-state index in [0.717, 1.165) is 10.3 Å². The number of fused-ring (bicyclic) bond motifs is 1. The van der Waals surface area contributed by atoms with Crippen LogP contribution in [0.25, 0.3) is 17.2 Å². The van der Waals surface area contributed by atoms with Gasteiger partial charge in [0.05, 0.1) is 0 Å². The third-order valence-corrected chi connectivity index (χ3v) is 3.06. The first-order valence-corrected chi connectivity index (χ1v) is 6.05. The van der Waals surface area contributed by atoms with Crippen LogP contribution in [0.5, 0.6) is 0 Å². The molecule has 84 valence electrons. The molecule has 0 unspecified atom stereocenters. The van der Waals surface area contributed by atoms with Gasteiger partial charge in [-0.05, 0) is 40.2 Å². The Morgan fingerprint density at radius 2 is 1.88 bits per heavy atom. The Kier molecular flexibility index (Phi) is 2.57. The van der Waals surface area contributed by atoms with Crippen molar-refractivity contribution in [1.29, 1.82) is 0 Å². The first-order valence-electron chi connectivity index (χ1n) is 4.88. The quantitative estimate of drug-likeness (QED) is 0.648. The number of aromatic nitrogens is 4. The normalized spacial score (nSPS) is 10.9. The van der Waals surface area contributed by atoms with Gasteiger partial charge in [0.25, 0.3) is 0 Å². The van der Waals surface area contributed by atoms with Crippen molar-refractivity contribution in [2.45, 2.75) is 0 Å². The van der Waals surface area contributed by atoms with Crippen LogP contribution in [-0.4, -0.2) is 19.6 Å². The summed E-state index contributed by atoms with van der Waals surface area (Å²) in [5.41, 5.74) is 1.43. The fraction of sp³-hybridized carbons (Fsp3) is 0. The SMILES string of the molecule is Clc1cccc2nnc(-c3cccc(Br)n3)n12. The van der Waals surface area contributed by atoms with E-state index < -0.39 is 0 Å². The van der Waals surface area contributed by atoms with Gasteiger partial charge in [-0.3, -0.25) is 4.40 Å². The number of hydrogen-bond acceptors (Lipinski definition) is 3. The minimum Gasteiger partial charge on any atom is -0.264 e. The van der Waals surface area contributed by atoms with Crippen LogP contribution in [0.1, 0.15) is 0 Å². The topological polar surface area (TPSA) is 43.1 Å². The fourth-order valence-corrected chi connectivity index (χ4v) is 2.18. The molecule has 3 rings (SSSR count). The van der Waals surface area contributed by atoms with E-state index in [0.29, 0.717) is 16.6 Å². The van der Waals surface area contributed by atoms with Crippen molar-refractivity contribution >= 4 is 33.2 Å². The van der Waals surface area contributed by atoms with Gasteiger partial charge in [0.15, 0.2) is 11.5 Å². The minimum atomic E-state index is 0.560. The maximum absolute atomic E-state index is 6.14. The molecule has 0 saturated heterocycles. The second-order valence-corrected chi connectivity index (χ2v) is 4.61. The molecule has 0 amide bonds. The molecule has 17 heavy (non-hydrogen) atoms. The van der Waals surface area contributed by atoms with Crippen molar-refractivity contribution in [3.63, 3.8) is 0 Å². The highest BCUT2D eigenvalue weighted by Crippen LogP contribution is 2.21. The molecular formula is C11H6BrClN4. The van der Waals surface area contributed by atoms with Gasteiger partial charge < -0.3 is 0 Å². The van der Waals surface area contributed by atoms with E-state index in [-0.39, 0.29) is 0 Å². The molecule has 0 aliphatic rings. The molecular weight excluding hydrogens is 304 g/mol. The van der Waals surface area contributed by atoms with Crippen LogP contribution in [-0.2, 0) is 0 Å². The van der Waals surface area contributed by atoms with Crippen molar-refractivity contribution in [2.75, 3.05) is 0 Å². The summed E-state index contributed by atoms with van der Waals surface area (Å²) in [6.07, 6.45) is 0. The number of pyridine rings is 2. The molecule has 4 nitrogen and oxygen atoms in total. The molecule has 0 aliphatic heterocycles. The van der Waals surface area contributed by atoms with E-state index in [4.69, 9.17) is 11.6 Å². The van der Waals surface area contributed by atoms with E-state index in [1.807, 2.05) is 30.3 Å². The van der Waals surface area contributed by atoms with Gasteiger partial charge in [-0.15, -0.1) is 10.2 Å². The van der Waals surface area contributed by atoms with Crippen molar-refractivity contribution in [3.05, 3.63) is 46.2 Å². The predicted molar refractivity (Wildman–Crippen MR) is 68.9 cm³/mol. The molecule has 3 aromatic rings. The Morgan fingerprint density at radius 3 is 2.71 bits per heavy atom. The largest absolute Gasteiger partial charge is 0.264 e. The molecule has 0 radical (unpaired) electrons. The summed E-state index contributed by atoms with van der Waals surface area (Å²) in [7, 11) is 0. The lowest BCUT2D eigenvalue weighted by Crippen LogP contribution is -1.93. The standard InChI is InChI=1S/C11H6BrClN4/c12-8-4-1-3-7(14-8)11-16-15-10-6-2-5-9(13)17(10)11/h1-6H. The average molecular weight is 310 g/mol. The summed E-state index contributed by atoms with van der Waals surface area (Å²) in [5.74, 6) is 0.631. The Balaban J connectivity index is 2.31. The zero-order valence-corrected chi connectivity index (χ0v) is 10.9. The molecule has 0 spiro atoms. The molecule has 3 heterocycles. The monoisotopic (exact) mass is 308 g/mol. The maximum Gasteiger partial charge on any atom is 0.188 e. The Bertz CT molecular complexity index is 695. The zero-order chi connectivity index (χ0) is 11.8. The summed E-state index contributed by atoms with van der Waals surface area (Å²) >= 11 is 9.47. The van der Waals surface area contributed by atoms with Gasteiger partial charge in [0.1, 0.15) is 15.5 Å². The average Bonchev–Trinajstić information content (AvgIpc) is 2.74. The third kappa shape index (κ3) is 1.81. The minimum absolute atomic E-state index is 0.560. The van der Waals surface area contributed by atoms with E-state index in [2.05, 4.69) is 31.1 Å². The molecule has 3 aromatic heterocycles. The van der Waals surface area contributed by atoms with Crippen LogP contribution in [0.3, 0.4) is 0 Å². The van der Waals surface area contributed by atoms with Crippen molar-refractivity contribution < 1.29 is 0 Å². The second-order valence-electron chi connectivity index (χ2n) is 3.41. The lowest BCUT2D eigenvalue weighted by atomic mass is 10.3. The summed E-state index contributed by atoms with van der Waals surface area (Å²) in [6, 6.07) is 11.1. The van der Waals surface area contributed by atoms with E-state index in [9.17, 15) is 0 Å². The highest BCUT2D eigenvalue weighted by Gasteiger charge is 2.11. The summed E-state index contributed by atoms with van der Waals surface area (Å²) in [5, 5.41) is 8.73. The molecule has 0 aromatic carbocycles. The van der Waals surface area contributed by atoms with Gasteiger partial charge in [-0.25, -0.2) is 4.98 Å². The van der Waals surface area contributed by atoms with Gasteiger partial charge >= 0.3 is 0 Å². The third-order valence-electron chi connectivity index (χ3n) is 2.32. The van der Waals surface area contributed by atoms with Gasteiger partial charge in [-0.1, -0.05) is 23.7 Å². The van der Waals surface area contributed by atoms with Crippen LogP contribution in [0, 0.1) is 0 Å². The molecule has 0 fully saturated rings. The van der Waals surface area contributed by atoms with E-state index >= 15 is 0 Å². The first kappa shape index (κ1) is 10.7. The molecule has 0 aliphatic carbocycles. The lowest BCUT2D eigenvalue weighted by Gasteiger charge is -2.01. The highest BCUT2D eigenvalue weighted by molar-refractivity contribution is 9.10. The summed E-state index contributed by atoms with van der Waals surface area (Å²) in [6.45, 7) is 0. The molecule has 6 heteroatoms. The van der Waals surface area contributed by atoms with Gasteiger partial charge in [0, 0.05) is 0 Å². The van der Waals surface area contributed by atoms with Crippen LogP contribution in [0.4, 0.5) is 0 Å². The maximum atomic E-state index is 6.14. The molecule has 0 N–H and O–H groups in total. The van der Waals surface area contributed by atoms with Crippen molar-refractivity contribution in [2.24, 2.45) is 0 Å². The van der Waals surface area contributed by atoms with Crippen LogP contribution in [0.2, 0.25) is 5.15 Å². The number of halogens is 2. The summed E-state index contributed by atoms with van der Waals surface area (Å²) < 4.78 is 2.51. The Labute approximate surface area is 110 Å². The van der Waals surface area contributed by atoms with Crippen molar-refractivity contribution in [3.8, 4) is 11.5 Å². The second kappa shape index (κ2) is 4.09. The Hall–Kier alpha value is -1.46. The van der Waals surface area contributed by atoms with Crippen LogP contribution < -0.4 is 0 Å². The molecule has 0 saturated carbocycles. The van der Waals surface area contributed by atoms with E-state index in [1.165, 1.54) is 0 Å². The Morgan fingerprint density at radius 1 is 1.06 bits per heavy atom. The predicted octanol–water partition coefficient (Wildman–Crippen LogP) is 3.21.